The summed E-state index contributed by atoms with van der Waals surface area (Å²) in [6, 6.07) is 4.37. The number of hydrogen-bond donors (Lipinski definition) is 4. The molecule has 0 spiro atoms. The van der Waals surface area contributed by atoms with E-state index >= 15 is 0 Å². The maximum atomic E-state index is 11.7. The summed E-state index contributed by atoms with van der Waals surface area (Å²) in [6.45, 7) is 0.00878. The quantitative estimate of drug-likeness (QED) is 0.404. The minimum atomic E-state index is -1.20. The number of phenolic OH excluding ortho intramolecular Hbond substituents is 2. The fourth-order valence-electron chi connectivity index (χ4n) is 2.12. The second-order valence-corrected chi connectivity index (χ2v) is 5.12. The van der Waals surface area contributed by atoms with Gasteiger partial charge in [-0.2, -0.15) is 0 Å². The predicted molar refractivity (Wildman–Crippen MR) is 77.2 cm³/mol. The zero-order valence-electron chi connectivity index (χ0n) is 12.4. The molecule has 1 fully saturated rings. The van der Waals surface area contributed by atoms with Crippen molar-refractivity contribution >= 4 is 5.78 Å². The van der Waals surface area contributed by atoms with Crippen LogP contribution in [0.15, 0.2) is 18.2 Å². The number of phenols is 2. The summed E-state index contributed by atoms with van der Waals surface area (Å²) in [6.07, 6.45) is -2.60. The topological polar surface area (TPSA) is 126 Å². The molecule has 23 heavy (non-hydrogen) atoms. The van der Waals surface area contributed by atoms with E-state index in [2.05, 4.69) is 0 Å². The van der Waals surface area contributed by atoms with Crippen LogP contribution < -0.4 is 4.74 Å². The first-order chi connectivity index (χ1) is 11.0. The largest absolute Gasteiger partial charge is 0.504 e. The van der Waals surface area contributed by atoms with Gasteiger partial charge in [0.2, 0.25) is 17.8 Å². The maximum Gasteiger partial charge on any atom is 0.220 e. The normalized spacial score (nSPS) is 24.6. The monoisotopic (exact) mass is 328 g/mol. The van der Waals surface area contributed by atoms with Gasteiger partial charge >= 0.3 is 0 Å². The number of rotatable bonds is 7. The van der Waals surface area contributed by atoms with Crippen molar-refractivity contribution in [2.45, 2.75) is 31.3 Å². The summed E-state index contributed by atoms with van der Waals surface area (Å²) in [5.74, 6) is -1.04. The van der Waals surface area contributed by atoms with Gasteiger partial charge in [-0.1, -0.05) is 6.07 Å². The fourth-order valence-corrected chi connectivity index (χ4v) is 2.12. The highest BCUT2D eigenvalue weighted by Crippen LogP contribution is 2.34. The van der Waals surface area contributed by atoms with Crippen LogP contribution >= 0.6 is 0 Å². The van der Waals surface area contributed by atoms with Crippen LogP contribution in [0.2, 0.25) is 0 Å². The van der Waals surface area contributed by atoms with Crippen molar-refractivity contribution in [3.8, 4) is 17.2 Å². The molecule has 1 saturated heterocycles. The van der Waals surface area contributed by atoms with Gasteiger partial charge in [0.1, 0.15) is 6.10 Å². The van der Waals surface area contributed by atoms with Gasteiger partial charge in [0.05, 0.1) is 25.9 Å². The maximum absolute atomic E-state index is 11.7. The van der Waals surface area contributed by atoms with Crippen LogP contribution in [-0.4, -0.2) is 64.5 Å². The molecule has 0 amide bonds. The number of Topliss-reactive ketones (excluding diaryl/α,β-unsaturated/α-hetero) is 1. The number of carbonyl (C=O) groups is 1. The van der Waals surface area contributed by atoms with E-state index in [4.69, 9.17) is 19.3 Å². The van der Waals surface area contributed by atoms with Gasteiger partial charge in [-0.25, -0.2) is 0 Å². The van der Waals surface area contributed by atoms with Crippen LogP contribution in [0.25, 0.3) is 0 Å². The molecule has 2 rings (SSSR count). The first-order valence-electron chi connectivity index (χ1n) is 7.26. The van der Waals surface area contributed by atoms with Crippen LogP contribution in [0.1, 0.15) is 12.8 Å². The summed E-state index contributed by atoms with van der Waals surface area (Å²) in [5.41, 5.74) is 0. The summed E-state index contributed by atoms with van der Waals surface area (Å²) in [4.78, 5) is 11.7. The van der Waals surface area contributed by atoms with Crippen molar-refractivity contribution < 1.29 is 39.4 Å². The third-order valence-electron chi connectivity index (χ3n) is 3.36. The molecule has 4 N–H and O–H groups in total. The Morgan fingerprint density at radius 2 is 2.04 bits per heavy atom. The van der Waals surface area contributed by atoms with Crippen molar-refractivity contribution in [3.63, 3.8) is 0 Å². The Morgan fingerprint density at radius 3 is 2.78 bits per heavy atom. The number of hydrogen-bond acceptors (Lipinski definition) is 8. The lowest BCUT2D eigenvalue weighted by molar-refractivity contribution is -0.214. The molecule has 8 heteroatoms. The Bertz CT molecular complexity index is 532. The smallest absolute Gasteiger partial charge is 0.220 e. The van der Waals surface area contributed by atoms with Crippen LogP contribution in [0, 0.1) is 0 Å². The van der Waals surface area contributed by atoms with Gasteiger partial charge in [0, 0.05) is 12.8 Å². The Kier molecular flexibility index (Phi) is 6.17. The molecule has 3 atom stereocenters. The molecule has 0 aromatic heterocycles. The van der Waals surface area contributed by atoms with Crippen molar-refractivity contribution in [2.24, 2.45) is 0 Å². The minimum Gasteiger partial charge on any atom is -0.504 e. The highest BCUT2D eigenvalue weighted by Gasteiger charge is 2.36. The Balaban J connectivity index is 1.72. The molecule has 0 bridgehead atoms. The first-order valence-corrected chi connectivity index (χ1v) is 7.26. The lowest BCUT2D eigenvalue weighted by Gasteiger charge is -2.30. The lowest BCUT2D eigenvalue weighted by atomic mass is 10.0. The van der Waals surface area contributed by atoms with E-state index in [0.29, 0.717) is 6.42 Å². The minimum absolute atomic E-state index is 0.0507. The Hall–Kier alpha value is -1.87. The molecule has 1 aliphatic rings. The van der Waals surface area contributed by atoms with Gasteiger partial charge < -0.3 is 34.6 Å². The summed E-state index contributed by atoms with van der Waals surface area (Å²) < 4.78 is 15.8. The van der Waals surface area contributed by atoms with E-state index in [1.807, 2.05) is 0 Å². The first kappa shape index (κ1) is 17.5. The Labute approximate surface area is 132 Å². The predicted octanol–water partition coefficient (Wildman–Crippen LogP) is -0.0794. The van der Waals surface area contributed by atoms with E-state index in [9.17, 15) is 20.1 Å². The number of carbonyl (C=O) groups excluding carboxylic acids is 1. The van der Waals surface area contributed by atoms with E-state index < -0.39 is 24.3 Å². The summed E-state index contributed by atoms with van der Waals surface area (Å²) in [5, 5.41) is 37.5. The Morgan fingerprint density at radius 1 is 1.26 bits per heavy atom. The van der Waals surface area contributed by atoms with Gasteiger partial charge in [-0.05, 0) is 12.1 Å². The lowest BCUT2D eigenvalue weighted by Crippen LogP contribution is -2.47. The van der Waals surface area contributed by atoms with Gasteiger partial charge in [0.15, 0.2) is 11.5 Å². The highest BCUT2D eigenvalue weighted by molar-refractivity contribution is 5.86. The molecule has 128 valence electrons. The molecular formula is C15H20O8. The van der Waals surface area contributed by atoms with Crippen molar-refractivity contribution in [1.82, 2.24) is 0 Å². The van der Waals surface area contributed by atoms with Gasteiger partial charge in [-0.3, -0.25) is 4.79 Å². The van der Waals surface area contributed by atoms with E-state index in [1.54, 1.807) is 0 Å². The number of ketones is 1. The molecule has 0 saturated carbocycles. The molecule has 1 heterocycles. The van der Waals surface area contributed by atoms with Crippen molar-refractivity contribution in [1.29, 1.82) is 0 Å². The third kappa shape index (κ3) is 4.55. The van der Waals surface area contributed by atoms with Crippen molar-refractivity contribution in [2.75, 3.05) is 19.8 Å². The van der Waals surface area contributed by atoms with Gasteiger partial charge in [0.25, 0.3) is 0 Å². The van der Waals surface area contributed by atoms with E-state index in [-0.39, 0.29) is 43.5 Å². The van der Waals surface area contributed by atoms with E-state index in [0.717, 1.165) is 0 Å². The third-order valence-corrected chi connectivity index (χ3v) is 3.36. The number of aromatic hydroxyl groups is 2. The summed E-state index contributed by atoms with van der Waals surface area (Å²) >= 11 is 0. The van der Waals surface area contributed by atoms with Crippen LogP contribution in [0.4, 0.5) is 0 Å². The number of para-hydroxylation sites is 1. The molecule has 8 nitrogen and oxygen atoms in total. The average molecular weight is 328 g/mol. The molecule has 1 aliphatic heterocycles. The van der Waals surface area contributed by atoms with Crippen LogP contribution in [0.3, 0.4) is 0 Å². The number of ether oxygens (including phenoxy) is 3. The number of aliphatic hydroxyl groups is 2. The van der Waals surface area contributed by atoms with Crippen molar-refractivity contribution in [3.05, 3.63) is 18.2 Å². The molecule has 1 unspecified atom stereocenters. The standard InChI is InChI=1S/C15H20O8/c16-8-9-7-11(18)14(20)15(23-9)22-6-2-5-21-12-4-1-3-10(17)13(12)19/h1,3-4,9,11,15-19H,2,5-8H2/t9?,11-,15+/m0/s1. The molecule has 1 aromatic rings. The zero-order valence-corrected chi connectivity index (χ0v) is 12.4. The second-order valence-electron chi connectivity index (χ2n) is 5.12. The molecular weight excluding hydrogens is 308 g/mol. The van der Waals surface area contributed by atoms with Crippen LogP contribution in [-0.2, 0) is 14.3 Å². The van der Waals surface area contributed by atoms with E-state index in [1.165, 1.54) is 18.2 Å². The van der Waals surface area contributed by atoms with Gasteiger partial charge in [-0.15, -0.1) is 0 Å². The SMILES string of the molecule is O=C1[C@H](OCCCOc2cccc(O)c2O)OC(CO)C[C@@H]1O. The average Bonchev–Trinajstić information content (AvgIpc) is 2.54. The molecule has 1 aromatic carbocycles. The second kappa shape index (κ2) is 8.11. The molecule has 0 aliphatic carbocycles. The molecule has 0 radical (unpaired) electrons. The zero-order chi connectivity index (χ0) is 16.8. The fraction of sp³-hybridized carbons (Fsp3) is 0.533. The summed E-state index contributed by atoms with van der Waals surface area (Å²) in [7, 11) is 0. The number of aliphatic hydroxyl groups excluding tert-OH is 2. The van der Waals surface area contributed by atoms with Crippen LogP contribution in [0.5, 0.6) is 17.2 Å². The number of benzene rings is 1. The highest BCUT2D eigenvalue weighted by atomic mass is 16.7.